The molecule has 0 bridgehead atoms. The molecule has 6 nitrogen and oxygen atoms in total. The minimum absolute atomic E-state index is 0.0298. The van der Waals surface area contributed by atoms with E-state index in [1.165, 1.54) is 6.92 Å². The van der Waals surface area contributed by atoms with E-state index in [0.29, 0.717) is 5.69 Å². The van der Waals surface area contributed by atoms with Crippen LogP contribution in [-0.4, -0.2) is 23.7 Å². The van der Waals surface area contributed by atoms with Gasteiger partial charge in [0.2, 0.25) is 0 Å². The maximum Gasteiger partial charge on any atom is 0.337 e. The summed E-state index contributed by atoms with van der Waals surface area (Å²) in [6.45, 7) is 6.75. The van der Waals surface area contributed by atoms with Crippen molar-refractivity contribution in [2.45, 2.75) is 20.0 Å². The van der Waals surface area contributed by atoms with Crippen LogP contribution in [0.3, 0.4) is 0 Å². The second-order valence-corrected chi connectivity index (χ2v) is 4.72. The van der Waals surface area contributed by atoms with Crippen LogP contribution in [0.4, 0.5) is 0 Å². The van der Waals surface area contributed by atoms with Gasteiger partial charge in [-0.1, -0.05) is 42.1 Å². The molecule has 1 unspecified atom stereocenters. The van der Waals surface area contributed by atoms with Crippen LogP contribution in [0, 0.1) is 0 Å². The molecule has 0 aliphatic carbocycles. The number of aromatic nitrogens is 1. The molecule has 0 amide bonds. The first-order valence-electron chi connectivity index (χ1n) is 7.08. The van der Waals surface area contributed by atoms with Crippen LogP contribution in [0.15, 0.2) is 53.1 Å². The zero-order chi connectivity index (χ0) is 16.8. The van der Waals surface area contributed by atoms with E-state index in [2.05, 4.69) is 11.7 Å². The standard InChI is InChI=1S/C17H17NO5/c1-4-21-17(20)11(2)16(22-12(3)19)15-10-14(18-23-15)13-8-6-5-7-9-13/h5-10,16H,2,4H2,1,3H3. The van der Waals surface area contributed by atoms with Crippen molar-refractivity contribution < 1.29 is 23.6 Å². The minimum atomic E-state index is -1.07. The molecule has 2 aromatic rings. The van der Waals surface area contributed by atoms with Gasteiger partial charge in [0.25, 0.3) is 0 Å². The lowest BCUT2D eigenvalue weighted by Gasteiger charge is -2.15. The highest BCUT2D eigenvalue weighted by atomic mass is 16.6. The Morgan fingerprint density at radius 1 is 1.30 bits per heavy atom. The van der Waals surface area contributed by atoms with Gasteiger partial charge in [0.05, 0.1) is 12.2 Å². The lowest BCUT2D eigenvalue weighted by Crippen LogP contribution is -2.18. The first kappa shape index (κ1) is 16.5. The van der Waals surface area contributed by atoms with Crippen LogP contribution in [0.5, 0.6) is 0 Å². The Morgan fingerprint density at radius 2 is 2.00 bits per heavy atom. The minimum Gasteiger partial charge on any atom is -0.463 e. The number of rotatable bonds is 6. The Kier molecular flexibility index (Phi) is 5.30. The second-order valence-electron chi connectivity index (χ2n) is 4.72. The number of hydrogen-bond donors (Lipinski definition) is 0. The fourth-order valence-corrected chi connectivity index (χ4v) is 1.96. The molecule has 23 heavy (non-hydrogen) atoms. The van der Waals surface area contributed by atoms with Crippen molar-refractivity contribution in [2.24, 2.45) is 0 Å². The summed E-state index contributed by atoms with van der Waals surface area (Å²) >= 11 is 0. The zero-order valence-electron chi connectivity index (χ0n) is 12.9. The molecule has 2 rings (SSSR count). The van der Waals surface area contributed by atoms with Crippen molar-refractivity contribution >= 4 is 11.9 Å². The molecule has 0 fully saturated rings. The number of carbonyl (C=O) groups is 2. The monoisotopic (exact) mass is 315 g/mol. The van der Waals surface area contributed by atoms with E-state index in [4.69, 9.17) is 14.0 Å². The van der Waals surface area contributed by atoms with Crippen molar-refractivity contribution in [2.75, 3.05) is 6.61 Å². The van der Waals surface area contributed by atoms with Crippen LogP contribution in [-0.2, 0) is 19.1 Å². The highest BCUT2D eigenvalue weighted by Crippen LogP contribution is 2.29. The van der Waals surface area contributed by atoms with Crippen molar-refractivity contribution in [3.63, 3.8) is 0 Å². The highest BCUT2D eigenvalue weighted by Gasteiger charge is 2.29. The molecule has 1 aromatic heterocycles. The molecule has 0 saturated heterocycles. The third-order valence-electron chi connectivity index (χ3n) is 2.99. The highest BCUT2D eigenvalue weighted by molar-refractivity contribution is 5.89. The first-order valence-corrected chi connectivity index (χ1v) is 7.08. The third kappa shape index (κ3) is 4.06. The number of nitrogens with zero attached hydrogens (tertiary/aromatic N) is 1. The van der Waals surface area contributed by atoms with Gasteiger partial charge in [-0.25, -0.2) is 4.79 Å². The summed E-state index contributed by atoms with van der Waals surface area (Å²) in [4.78, 5) is 23.2. The quantitative estimate of drug-likeness (QED) is 0.602. The van der Waals surface area contributed by atoms with E-state index < -0.39 is 18.0 Å². The largest absolute Gasteiger partial charge is 0.463 e. The SMILES string of the molecule is C=C(C(=O)OCC)C(OC(C)=O)c1cc(-c2ccccc2)no1. The van der Waals surface area contributed by atoms with E-state index in [-0.39, 0.29) is 17.9 Å². The van der Waals surface area contributed by atoms with Crippen molar-refractivity contribution in [3.05, 3.63) is 54.3 Å². The summed E-state index contributed by atoms with van der Waals surface area (Å²) < 4.78 is 15.3. The number of benzene rings is 1. The molecule has 0 aliphatic rings. The number of hydrogen-bond acceptors (Lipinski definition) is 6. The van der Waals surface area contributed by atoms with Gasteiger partial charge < -0.3 is 14.0 Å². The Bertz CT molecular complexity index is 705. The molecular weight excluding hydrogens is 298 g/mol. The van der Waals surface area contributed by atoms with E-state index in [0.717, 1.165) is 5.56 Å². The normalized spacial score (nSPS) is 11.6. The van der Waals surface area contributed by atoms with Crippen molar-refractivity contribution in [1.29, 1.82) is 0 Å². The lowest BCUT2D eigenvalue weighted by atomic mass is 10.1. The molecule has 0 saturated carbocycles. The van der Waals surface area contributed by atoms with Gasteiger partial charge in [0, 0.05) is 18.6 Å². The molecule has 1 aromatic carbocycles. The fourth-order valence-electron chi connectivity index (χ4n) is 1.96. The van der Waals surface area contributed by atoms with E-state index in [1.54, 1.807) is 13.0 Å². The van der Waals surface area contributed by atoms with Crippen LogP contribution >= 0.6 is 0 Å². The number of esters is 2. The summed E-state index contributed by atoms with van der Waals surface area (Å²) in [6.07, 6.45) is -1.07. The molecule has 0 N–H and O–H groups in total. The molecule has 0 aliphatic heterocycles. The molecule has 120 valence electrons. The predicted molar refractivity (Wildman–Crippen MR) is 82.2 cm³/mol. The maximum atomic E-state index is 11.8. The zero-order valence-corrected chi connectivity index (χ0v) is 12.9. The van der Waals surface area contributed by atoms with Crippen LogP contribution in [0.1, 0.15) is 25.7 Å². The smallest absolute Gasteiger partial charge is 0.337 e. The molecule has 0 spiro atoms. The summed E-state index contributed by atoms with van der Waals surface area (Å²) in [6, 6.07) is 10.9. The average molecular weight is 315 g/mol. The van der Waals surface area contributed by atoms with Crippen molar-refractivity contribution in [3.8, 4) is 11.3 Å². The molecular formula is C17H17NO5. The van der Waals surface area contributed by atoms with Crippen LogP contribution < -0.4 is 0 Å². The fraction of sp³-hybridized carbons (Fsp3) is 0.235. The Labute approximate surface area is 133 Å². The topological polar surface area (TPSA) is 78.6 Å². The van der Waals surface area contributed by atoms with Gasteiger partial charge in [-0.3, -0.25) is 4.79 Å². The predicted octanol–water partition coefficient (Wildman–Crippen LogP) is 3.07. The molecule has 1 heterocycles. The molecule has 1 atom stereocenters. The summed E-state index contributed by atoms with van der Waals surface area (Å²) in [5.74, 6) is -1.02. The Hall–Kier alpha value is -2.89. The summed E-state index contributed by atoms with van der Waals surface area (Å²) in [5.41, 5.74) is 1.37. The summed E-state index contributed by atoms with van der Waals surface area (Å²) in [5, 5.41) is 3.94. The van der Waals surface area contributed by atoms with Gasteiger partial charge in [0.1, 0.15) is 5.69 Å². The van der Waals surface area contributed by atoms with Crippen LogP contribution in [0.2, 0.25) is 0 Å². The lowest BCUT2D eigenvalue weighted by molar-refractivity contribution is -0.148. The first-order chi connectivity index (χ1) is 11.0. The van der Waals surface area contributed by atoms with E-state index in [9.17, 15) is 9.59 Å². The van der Waals surface area contributed by atoms with E-state index in [1.807, 2.05) is 30.3 Å². The van der Waals surface area contributed by atoms with Gasteiger partial charge >= 0.3 is 11.9 Å². The Morgan fingerprint density at radius 3 is 2.61 bits per heavy atom. The Balaban J connectivity index is 2.29. The third-order valence-corrected chi connectivity index (χ3v) is 2.99. The van der Waals surface area contributed by atoms with Crippen molar-refractivity contribution in [1.82, 2.24) is 5.16 Å². The van der Waals surface area contributed by atoms with Crippen LogP contribution in [0.25, 0.3) is 11.3 Å². The maximum absolute atomic E-state index is 11.8. The van der Waals surface area contributed by atoms with Gasteiger partial charge in [0.15, 0.2) is 11.9 Å². The molecule has 6 heteroatoms. The van der Waals surface area contributed by atoms with Gasteiger partial charge in [-0.2, -0.15) is 0 Å². The summed E-state index contributed by atoms with van der Waals surface area (Å²) in [7, 11) is 0. The number of carbonyl (C=O) groups excluding carboxylic acids is 2. The number of ether oxygens (including phenoxy) is 2. The van der Waals surface area contributed by atoms with Gasteiger partial charge in [-0.05, 0) is 6.92 Å². The molecule has 0 radical (unpaired) electrons. The van der Waals surface area contributed by atoms with Gasteiger partial charge in [-0.15, -0.1) is 0 Å². The van der Waals surface area contributed by atoms with E-state index >= 15 is 0 Å². The average Bonchev–Trinajstić information content (AvgIpc) is 3.02. The second kappa shape index (κ2) is 7.40.